The van der Waals surface area contributed by atoms with E-state index in [1.807, 2.05) is 6.26 Å². The highest BCUT2D eigenvalue weighted by molar-refractivity contribution is 5.81. The summed E-state index contributed by atoms with van der Waals surface area (Å²) in [7, 11) is 3.00. The van der Waals surface area contributed by atoms with Gasteiger partial charge in [-0.15, -0.1) is 0 Å². The standard InChI is InChI=1S/C16H25NO5/c1-4-22-15(18)14-8-13-7-11(10-20-2)5-6-12(13)9-17(14)16(19)21-3/h10,12-14H,4-9H2,1-3H3. The lowest BCUT2D eigenvalue weighted by molar-refractivity contribution is -0.152. The van der Waals surface area contributed by atoms with Crippen LogP contribution in [0.2, 0.25) is 0 Å². The molecule has 6 nitrogen and oxygen atoms in total. The number of carbonyl (C=O) groups is 2. The van der Waals surface area contributed by atoms with Gasteiger partial charge >= 0.3 is 12.1 Å². The number of carbonyl (C=O) groups excluding carboxylic acids is 2. The van der Waals surface area contributed by atoms with Crippen molar-refractivity contribution in [3.05, 3.63) is 11.8 Å². The molecule has 2 aliphatic rings. The lowest BCUT2D eigenvalue weighted by Crippen LogP contribution is -2.54. The number of ether oxygens (including phenoxy) is 3. The Kier molecular flexibility index (Phi) is 5.69. The van der Waals surface area contributed by atoms with E-state index in [0.717, 1.165) is 19.3 Å². The summed E-state index contributed by atoms with van der Waals surface area (Å²) in [6.45, 7) is 2.64. The summed E-state index contributed by atoms with van der Waals surface area (Å²) in [6.07, 6.45) is 4.89. The molecule has 1 amide bonds. The Morgan fingerprint density at radius 2 is 2.09 bits per heavy atom. The number of rotatable bonds is 3. The SMILES string of the molecule is CCOC(=O)C1CC2CC(=COC)CCC2CN1C(=O)OC. The average molecular weight is 311 g/mol. The Balaban J connectivity index is 2.14. The first-order chi connectivity index (χ1) is 10.6. The third-order valence-corrected chi connectivity index (χ3v) is 4.61. The first kappa shape index (κ1) is 16.6. The third-order valence-electron chi connectivity index (χ3n) is 4.61. The van der Waals surface area contributed by atoms with E-state index in [9.17, 15) is 9.59 Å². The van der Waals surface area contributed by atoms with Crippen molar-refractivity contribution in [3.63, 3.8) is 0 Å². The number of likely N-dealkylation sites (tertiary alicyclic amines) is 1. The summed E-state index contributed by atoms with van der Waals surface area (Å²) >= 11 is 0. The molecule has 1 saturated carbocycles. The summed E-state index contributed by atoms with van der Waals surface area (Å²) in [5.74, 6) is 0.443. The molecule has 2 rings (SSSR count). The van der Waals surface area contributed by atoms with Crippen LogP contribution >= 0.6 is 0 Å². The van der Waals surface area contributed by atoms with Crippen molar-refractivity contribution in [1.82, 2.24) is 4.90 Å². The van der Waals surface area contributed by atoms with Gasteiger partial charge in [0.1, 0.15) is 6.04 Å². The molecule has 0 aromatic rings. The van der Waals surface area contributed by atoms with Crippen LogP contribution in [0.15, 0.2) is 11.8 Å². The summed E-state index contributed by atoms with van der Waals surface area (Å²) in [5.41, 5.74) is 1.28. The van der Waals surface area contributed by atoms with Crippen LogP contribution in [0.4, 0.5) is 4.79 Å². The zero-order valence-corrected chi connectivity index (χ0v) is 13.5. The lowest BCUT2D eigenvalue weighted by atomic mass is 9.71. The van der Waals surface area contributed by atoms with Crippen LogP contribution in [0, 0.1) is 11.8 Å². The molecule has 0 spiro atoms. The molecule has 1 heterocycles. The number of hydrogen-bond donors (Lipinski definition) is 0. The van der Waals surface area contributed by atoms with E-state index < -0.39 is 12.1 Å². The zero-order valence-electron chi connectivity index (χ0n) is 13.5. The number of hydrogen-bond acceptors (Lipinski definition) is 5. The fourth-order valence-corrected chi connectivity index (χ4v) is 3.58. The number of piperidine rings is 1. The van der Waals surface area contributed by atoms with Gasteiger partial charge in [0.2, 0.25) is 0 Å². The van der Waals surface area contributed by atoms with E-state index >= 15 is 0 Å². The van der Waals surface area contributed by atoms with Gasteiger partial charge in [0, 0.05) is 6.54 Å². The van der Waals surface area contributed by atoms with Crippen LogP contribution in [0.3, 0.4) is 0 Å². The summed E-state index contributed by atoms with van der Waals surface area (Å²) < 4.78 is 15.1. The topological polar surface area (TPSA) is 65.1 Å². The van der Waals surface area contributed by atoms with Crippen LogP contribution < -0.4 is 0 Å². The fraction of sp³-hybridized carbons (Fsp3) is 0.750. The monoisotopic (exact) mass is 311 g/mol. The summed E-state index contributed by atoms with van der Waals surface area (Å²) in [5, 5.41) is 0. The minimum Gasteiger partial charge on any atom is -0.504 e. The van der Waals surface area contributed by atoms with Crippen LogP contribution in [-0.4, -0.2) is 50.4 Å². The molecule has 3 unspecified atom stereocenters. The van der Waals surface area contributed by atoms with Gasteiger partial charge in [-0.3, -0.25) is 4.90 Å². The van der Waals surface area contributed by atoms with E-state index in [0.29, 0.717) is 31.4 Å². The van der Waals surface area contributed by atoms with Gasteiger partial charge < -0.3 is 14.2 Å². The van der Waals surface area contributed by atoms with Gasteiger partial charge in [-0.25, -0.2) is 9.59 Å². The molecule has 0 aromatic heterocycles. The molecule has 3 atom stereocenters. The van der Waals surface area contributed by atoms with Crippen molar-refractivity contribution in [2.75, 3.05) is 27.4 Å². The van der Waals surface area contributed by atoms with Crippen molar-refractivity contribution in [1.29, 1.82) is 0 Å². The Morgan fingerprint density at radius 1 is 1.32 bits per heavy atom. The molecule has 6 heteroatoms. The highest BCUT2D eigenvalue weighted by Crippen LogP contribution is 2.41. The van der Waals surface area contributed by atoms with Gasteiger partial charge in [0.15, 0.2) is 0 Å². The Bertz CT molecular complexity index is 448. The van der Waals surface area contributed by atoms with E-state index in [4.69, 9.17) is 14.2 Å². The number of fused-ring (bicyclic) bond motifs is 1. The molecular formula is C16H25NO5. The van der Waals surface area contributed by atoms with Crippen molar-refractivity contribution in [2.24, 2.45) is 11.8 Å². The quantitative estimate of drug-likeness (QED) is 0.591. The molecule has 0 aromatic carbocycles. The first-order valence-electron chi connectivity index (χ1n) is 7.82. The van der Waals surface area contributed by atoms with Crippen LogP contribution in [0.1, 0.15) is 32.6 Å². The molecule has 0 radical (unpaired) electrons. The second kappa shape index (κ2) is 7.51. The zero-order chi connectivity index (χ0) is 16.1. The molecule has 0 bridgehead atoms. The highest BCUT2D eigenvalue weighted by Gasteiger charge is 2.43. The van der Waals surface area contributed by atoms with Crippen molar-refractivity contribution >= 4 is 12.1 Å². The molecule has 1 aliphatic heterocycles. The molecule has 22 heavy (non-hydrogen) atoms. The molecule has 1 aliphatic carbocycles. The predicted molar refractivity (Wildman–Crippen MR) is 80.1 cm³/mol. The maximum atomic E-state index is 12.2. The molecule has 0 N–H and O–H groups in total. The molecular weight excluding hydrogens is 286 g/mol. The lowest BCUT2D eigenvalue weighted by Gasteiger charge is -2.44. The number of methoxy groups -OCH3 is 2. The van der Waals surface area contributed by atoms with Crippen LogP contribution in [-0.2, 0) is 19.0 Å². The Labute approximate surface area is 131 Å². The smallest absolute Gasteiger partial charge is 0.410 e. The van der Waals surface area contributed by atoms with Gasteiger partial charge in [-0.2, -0.15) is 0 Å². The first-order valence-corrected chi connectivity index (χ1v) is 7.82. The average Bonchev–Trinajstić information content (AvgIpc) is 2.53. The van der Waals surface area contributed by atoms with Crippen molar-refractivity contribution < 1.29 is 23.8 Å². The fourth-order valence-electron chi connectivity index (χ4n) is 3.58. The predicted octanol–water partition coefficient (Wildman–Crippen LogP) is 2.34. The number of nitrogens with zero attached hydrogens (tertiary/aromatic N) is 1. The van der Waals surface area contributed by atoms with Gasteiger partial charge in [0.05, 0.1) is 27.1 Å². The van der Waals surface area contributed by atoms with Gasteiger partial charge in [0.25, 0.3) is 0 Å². The summed E-state index contributed by atoms with van der Waals surface area (Å²) in [4.78, 5) is 25.7. The highest BCUT2D eigenvalue weighted by atomic mass is 16.6. The van der Waals surface area contributed by atoms with Crippen molar-refractivity contribution in [2.45, 2.75) is 38.6 Å². The minimum absolute atomic E-state index is 0.313. The number of allylic oxidation sites excluding steroid dienone is 1. The van der Waals surface area contributed by atoms with E-state index in [-0.39, 0.29) is 5.97 Å². The normalized spacial score (nSPS) is 29.7. The molecule has 124 valence electrons. The number of amides is 1. The minimum atomic E-state index is -0.546. The maximum Gasteiger partial charge on any atom is 0.410 e. The largest absolute Gasteiger partial charge is 0.504 e. The van der Waals surface area contributed by atoms with Gasteiger partial charge in [-0.05, 0) is 50.0 Å². The van der Waals surface area contributed by atoms with E-state index in [1.54, 1.807) is 14.0 Å². The third kappa shape index (κ3) is 3.54. The molecule has 1 saturated heterocycles. The Hall–Kier alpha value is -1.72. The van der Waals surface area contributed by atoms with Crippen LogP contribution in [0.5, 0.6) is 0 Å². The second-order valence-electron chi connectivity index (χ2n) is 5.90. The van der Waals surface area contributed by atoms with E-state index in [2.05, 4.69) is 0 Å². The maximum absolute atomic E-state index is 12.2. The Morgan fingerprint density at radius 3 is 2.73 bits per heavy atom. The number of esters is 1. The molecule has 2 fully saturated rings. The van der Waals surface area contributed by atoms with Crippen LogP contribution in [0.25, 0.3) is 0 Å². The summed E-state index contributed by atoms with van der Waals surface area (Å²) in [6, 6.07) is -0.546. The van der Waals surface area contributed by atoms with Crippen molar-refractivity contribution in [3.8, 4) is 0 Å². The second-order valence-corrected chi connectivity index (χ2v) is 5.90. The van der Waals surface area contributed by atoms with Gasteiger partial charge in [-0.1, -0.05) is 0 Å². The van der Waals surface area contributed by atoms with E-state index in [1.165, 1.54) is 17.6 Å².